The predicted molar refractivity (Wildman–Crippen MR) is 357 cm³/mol. The summed E-state index contributed by atoms with van der Waals surface area (Å²) in [5.41, 5.74) is 28.4. The van der Waals surface area contributed by atoms with Crippen LogP contribution in [0.4, 0.5) is 17.1 Å². The molecule has 0 N–H and O–H groups in total. The Balaban J connectivity index is 0.835. The first-order valence-corrected chi connectivity index (χ1v) is 30.0. The second kappa shape index (κ2) is 18.7. The van der Waals surface area contributed by atoms with Crippen molar-refractivity contribution in [1.29, 1.82) is 0 Å². The molecule has 1 aliphatic heterocycles. The van der Waals surface area contributed by atoms with Crippen LogP contribution < -0.4 is 4.90 Å². The van der Waals surface area contributed by atoms with E-state index in [0.29, 0.717) is 0 Å². The van der Waals surface area contributed by atoms with Gasteiger partial charge < -0.3 is 9.47 Å². The van der Waals surface area contributed by atoms with Gasteiger partial charge in [-0.3, -0.25) is 0 Å². The van der Waals surface area contributed by atoms with Crippen LogP contribution in [0.3, 0.4) is 0 Å². The zero-order chi connectivity index (χ0) is 56.5. The van der Waals surface area contributed by atoms with E-state index >= 15 is 0 Å². The van der Waals surface area contributed by atoms with Crippen molar-refractivity contribution < 1.29 is 0 Å². The molecule has 18 rings (SSSR count). The summed E-state index contributed by atoms with van der Waals surface area (Å²) < 4.78 is 2.53. The molecule has 1 unspecified atom stereocenters. The van der Waals surface area contributed by atoms with E-state index in [2.05, 4.69) is 337 Å². The minimum absolute atomic E-state index is 0.532. The van der Waals surface area contributed by atoms with Gasteiger partial charge in [-0.05, 0) is 148 Å². The molecule has 0 bridgehead atoms. The SMILES string of the molecule is c1ccc(-c2ccccc2-c2ccccc2N(c2ccc3cc(-c4ccc5c(c4)C4(c6ccccc6-5)c5ccccc5-n5c6ccccc6c6cccc4c65)ccc3c2)c2cccc3c2-c2ccccc2C3(c2ccccc2)c2ccccc2)cc1. The molecule has 2 aliphatic carbocycles. The van der Waals surface area contributed by atoms with Gasteiger partial charge in [-0.15, -0.1) is 0 Å². The largest absolute Gasteiger partial charge is 0.309 e. The molecule has 400 valence electrons. The first-order chi connectivity index (χ1) is 42.7. The van der Waals surface area contributed by atoms with E-state index in [9.17, 15) is 0 Å². The van der Waals surface area contributed by atoms with Crippen molar-refractivity contribution >= 4 is 49.6 Å². The standard InChI is InChI=1S/C84H54N2/c1-4-24-55(25-5-1)63-30-10-11-31-64(63)67-33-14-19-42-77(67)85(80-45-23-40-74-81(80)70-35-13-17-38-72(70)83(74,60-26-6-2-7-27-60)61-28-8-3-9-29-61)62-50-48-57-52-56(46-47-58(57)53-62)59-49-51-66-65-32-12-16-37-71(65)84(76(66)54-59)73-39-18-21-44-79(73)86-78-43-20-15-34-68(78)69-36-22-41-75(84)82(69)86/h1-54H. The van der Waals surface area contributed by atoms with Gasteiger partial charge in [0, 0.05) is 27.6 Å². The van der Waals surface area contributed by atoms with Crippen LogP contribution >= 0.6 is 0 Å². The fourth-order valence-corrected chi connectivity index (χ4v) is 15.8. The van der Waals surface area contributed by atoms with Gasteiger partial charge >= 0.3 is 0 Å². The lowest BCUT2D eigenvalue weighted by Crippen LogP contribution is -2.33. The molecular weight excluding hydrogens is 1040 g/mol. The molecule has 0 saturated heterocycles. The van der Waals surface area contributed by atoms with Gasteiger partial charge in [-0.1, -0.05) is 279 Å². The van der Waals surface area contributed by atoms with Crippen LogP contribution in [0, 0.1) is 0 Å². The van der Waals surface area contributed by atoms with Crippen LogP contribution in [0.25, 0.3) is 93.9 Å². The van der Waals surface area contributed by atoms with Gasteiger partial charge in [0.25, 0.3) is 0 Å². The molecule has 2 nitrogen and oxygen atoms in total. The van der Waals surface area contributed by atoms with Gasteiger partial charge in [0.1, 0.15) is 0 Å². The van der Waals surface area contributed by atoms with E-state index < -0.39 is 10.8 Å². The lowest BCUT2D eigenvalue weighted by molar-refractivity contribution is 0.749. The predicted octanol–water partition coefficient (Wildman–Crippen LogP) is 21.4. The van der Waals surface area contributed by atoms with Crippen LogP contribution in [0.15, 0.2) is 328 Å². The Kier molecular flexibility index (Phi) is 10.6. The third-order valence-corrected chi connectivity index (χ3v) is 19.3. The lowest BCUT2D eigenvalue weighted by atomic mass is 9.65. The molecule has 15 aromatic rings. The molecule has 0 radical (unpaired) electrons. The van der Waals surface area contributed by atoms with E-state index in [1.54, 1.807) is 0 Å². The van der Waals surface area contributed by atoms with E-state index in [1.807, 2.05) is 0 Å². The Hall–Kier alpha value is -11.1. The maximum absolute atomic E-state index is 2.55. The molecule has 2 heteroatoms. The average Bonchev–Trinajstić information content (AvgIpc) is 1.51. The normalized spacial score (nSPS) is 14.7. The molecule has 3 aliphatic rings. The molecule has 2 heterocycles. The Morgan fingerprint density at radius 2 is 0.791 bits per heavy atom. The highest BCUT2D eigenvalue weighted by molar-refractivity contribution is 6.13. The smallest absolute Gasteiger partial charge is 0.0754 e. The number of para-hydroxylation sites is 4. The molecule has 0 saturated carbocycles. The van der Waals surface area contributed by atoms with Gasteiger partial charge in [0.15, 0.2) is 0 Å². The quantitative estimate of drug-likeness (QED) is 0.147. The summed E-state index contributed by atoms with van der Waals surface area (Å²) in [4.78, 5) is 2.55. The molecule has 1 atom stereocenters. The Morgan fingerprint density at radius 1 is 0.267 bits per heavy atom. The Morgan fingerprint density at radius 3 is 1.58 bits per heavy atom. The minimum atomic E-state index is -0.566. The summed E-state index contributed by atoms with van der Waals surface area (Å²) in [6, 6.07) is 123. The number of rotatable bonds is 8. The van der Waals surface area contributed by atoms with E-state index in [4.69, 9.17) is 0 Å². The number of fused-ring (bicyclic) bond motifs is 16. The van der Waals surface area contributed by atoms with Gasteiger partial charge in [0.05, 0.1) is 38.9 Å². The molecule has 14 aromatic carbocycles. The maximum atomic E-state index is 2.55. The van der Waals surface area contributed by atoms with Crippen molar-refractivity contribution in [3.05, 3.63) is 372 Å². The summed E-state index contributed by atoms with van der Waals surface area (Å²) in [6.45, 7) is 0. The Bertz CT molecular complexity index is 5210. The Labute approximate surface area is 500 Å². The first-order valence-electron chi connectivity index (χ1n) is 30.0. The number of aromatic nitrogens is 1. The van der Waals surface area contributed by atoms with Crippen LogP contribution in [-0.4, -0.2) is 4.57 Å². The number of nitrogens with zero attached hydrogens (tertiary/aromatic N) is 2. The fraction of sp³-hybridized carbons (Fsp3) is 0.0238. The number of anilines is 3. The number of hydrogen-bond donors (Lipinski definition) is 0. The monoisotopic (exact) mass is 1090 g/mol. The van der Waals surface area contributed by atoms with Crippen molar-refractivity contribution in [3.8, 4) is 61.3 Å². The van der Waals surface area contributed by atoms with Crippen LogP contribution in [0.5, 0.6) is 0 Å². The summed E-state index contributed by atoms with van der Waals surface area (Å²) >= 11 is 0. The zero-order valence-corrected chi connectivity index (χ0v) is 47.1. The van der Waals surface area contributed by atoms with Gasteiger partial charge in [0.2, 0.25) is 0 Å². The summed E-state index contributed by atoms with van der Waals surface area (Å²) in [7, 11) is 0. The van der Waals surface area contributed by atoms with Crippen LogP contribution in [-0.2, 0) is 10.8 Å². The lowest BCUT2D eigenvalue weighted by Gasteiger charge is -2.39. The highest BCUT2D eigenvalue weighted by Gasteiger charge is 2.51. The average molecular weight is 1090 g/mol. The van der Waals surface area contributed by atoms with Crippen molar-refractivity contribution in [2.45, 2.75) is 10.8 Å². The maximum Gasteiger partial charge on any atom is 0.0754 e. The van der Waals surface area contributed by atoms with E-state index in [1.165, 1.54) is 133 Å². The third-order valence-electron chi connectivity index (χ3n) is 19.3. The molecular formula is C84H54N2. The summed E-state index contributed by atoms with van der Waals surface area (Å²) in [5.74, 6) is 0. The second-order valence-corrected chi connectivity index (χ2v) is 23.4. The first kappa shape index (κ1) is 48.5. The second-order valence-electron chi connectivity index (χ2n) is 23.4. The van der Waals surface area contributed by atoms with Gasteiger partial charge in [-0.25, -0.2) is 0 Å². The van der Waals surface area contributed by atoms with Crippen molar-refractivity contribution in [2.75, 3.05) is 4.90 Å². The van der Waals surface area contributed by atoms with E-state index in [0.717, 1.165) is 22.6 Å². The summed E-state index contributed by atoms with van der Waals surface area (Å²) in [5, 5.41) is 4.92. The highest BCUT2D eigenvalue weighted by Crippen LogP contribution is 2.63. The minimum Gasteiger partial charge on any atom is -0.309 e. The molecule has 0 fully saturated rings. The topological polar surface area (TPSA) is 8.17 Å². The molecule has 1 spiro atoms. The van der Waals surface area contributed by atoms with E-state index in [-0.39, 0.29) is 0 Å². The van der Waals surface area contributed by atoms with Crippen LogP contribution in [0.2, 0.25) is 0 Å². The molecule has 86 heavy (non-hydrogen) atoms. The number of hydrogen-bond acceptors (Lipinski definition) is 1. The fourth-order valence-electron chi connectivity index (χ4n) is 15.8. The van der Waals surface area contributed by atoms with Crippen molar-refractivity contribution in [2.24, 2.45) is 0 Å². The zero-order valence-electron chi connectivity index (χ0n) is 47.1. The third kappa shape index (κ3) is 6.67. The molecule has 0 amide bonds. The van der Waals surface area contributed by atoms with Crippen molar-refractivity contribution in [3.63, 3.8) is 0 Å². The molecule has 1 aromatic heterocycles. The summed E-state index contributed by atoms with van der Waals surface area (Å²) in [6.07, 6.45) is 0. The van der Waals surface area contributed by atoms with Gasteiger partial charge in [-0.2, -0.15) is 0 Å². The van der Waals surface area contributed by atoms with Crippen molar-refractivity contribution in [1.82, 2.24) is 4.57 Å². The van der Waals surface area contributed by atoms with Crippen LogP contribution in [0.1, 0.15) is 44.5 Å². The number of benzene rings is 14. The highest BCUT2D eigenvalue weighted by atomic mass is 15.1.